The van der Waals surface area contributed by atoms with Gasteiger partial charge in [0.2, 0.25) is 0 Å². The molecule has 0 spiro atoms. The number of rotatable bonds is 7. The molecule has 0 aliphatic carbocycles. The third kappa shape index (κ3) is 6.01. The number of thiol groups is 1. The highest BCUT2D eigenvalue weighted by molar-refractivity contribution is 7.80. The van der Waals surface area contributed by atoms with E-state index < -0.39 is 0 Å². The number of carbonyl (C=O) groups is 1. The Kier molecular flexibility index (Phi) is 7.55. The quantitative estimate of drug-likeness (QED) is 0.252. The highest BCUT2D eigenvalue weighted by Crippen LogP contribution is 1.93. The van der Waals surface area contributed by atoms with Crippen LogP contribution in [0.2, 0.25) is 0 Å². The number of hydrogen-bond acceptors (Lipinski definition) is 5. The van der Waals surface area contributed by atoms with Gasteiger partial charge in [0, 0.05) is 18.3 Å². The molecular weight excluding hydrogens is 200 g/mol. The lowest BCUT2D eigenvalue weighted by Crippen LogP contribution is -2.44. The van der Waals surface area contributed by atoms with Crippen molar-refractivity contribution in [1.29, 1.82) is 0 Å². The molecule has 14 heavy (non-hydrogen) atoms. The second-order valence-corrected chi connectivity index (χ2v) is 3.48. The molecule has 0 rings (SSSR count). The molecule has 0 aromatic heterocycles. The minimum Gasteiger partial charge on any atom is -0.369 e. The molecule has 0 radical (unpaired) electrons. The van der Waals surface area contributed by atoms with Gasteiger partial charge in [-0.3, -0.25) is 0 Å². The average molecular weight is 218 g/mol. The zero-order chi connectivity index (χ0) is 11.0. The Morgan fingerprint density at radius 3 is 2.71 bits per heavy atom. The SMILES string of the molecule is C=CCNOC(=O)C(CS)NC(C)C. The molecule has 0 bridgehead atoms. The van der Waals surface area contributed by atoms with E-state index in [1.807, 2.05) is 13.8 Å². The van der Waals surface area contributed by atoms with Crippen LogP contribution in [0.25, 0.3) is 0 Å². The van der Waals surface area contributed by atoms with Gasteiger partial charge >= 0.3 is 5.97 Å². The van der Waals surface area contributed by atoms with Gasteiger partial charge in [0.15, 0.2) is 0 Å². The summed E-state index contributed by atoms with van der Waals surface area (Å²) in [6, 6.07) is -0.158. The Labute approximate surface area is 90.5 Å². The van der Waals surface area contributed by atoms with Crippen molar-refractivity contribution in [2.24, 2.45) is 0 Å². The minimum atomic E-state index is -0.379. The predicted octanol–water partition coefficient (Wildman–Crippen LogP) is 0.517. The molecule has 0 saturated carbocycles. The summed E-state index contributed by atoms with van der Waals surface area (Å²) in [5, 5.41) is 3.04. The van der Waals surface area contributed by atoms with E-state index in [0.717, 1.165) is 0 Å². The average Bonchev–Trinajstić information content (AvgIpc) is 2.14. The standard InChI is InChI=1S/C9H18N2O2S/c1-4-5-10-13-9(12)8(6-14)11-7(2)3/h4,7-8,10-11,14H,1,5-6H2,2-3H3. The van der Waals surface area contributed by atoms with Crippen molar-refractivity contribution in [3.8, 4) is 0 Å². The maximum Gasteiger partial charge on any atom is 0.342 e. The first-order valence-corrected chi connectivity index (χ1v) is 5.16. The van der Waals surface area contributed by atoms with Gasteiger partial charge in [-0.25, -0.2) is 4.79 Å². The zero-order valence-electron chi connectivity index (χ0n) is 8.62. The van der Waals surface area contributed by atoms with E-state index in [9.17, 15) is 4.79 Å². The Bertz CT molecular complexity index is 186. The second kappa shape index (κ2) is 7.84. The van der Waals surface area contributed by atoms with Crippen LogP contribution in [0.5, 0.6) is 0 Å². The maximum absolute atomic E-state index is 11.4. The van der Waals surface area contributed by atoms with Crippen LogP contribution >= 0.6 is 12.6 Å². The lowest BCUT2D eigenvalue weighted by atomic mass is 10.3. The molecule has 0 amide bonds. The molecule has 4 nitrogen and oxygen atoms in total. The molecule has 0 aromatic rings. The van der Waals surface area contributed by atoms with E-state index in [2.05, 4.69) is 30.0 Å². The van der Waals surface area contributed by atoms with Crippen molar-refractivity contribution < 1.29 is 9.63 Å². The van der Waals surface area contributed by atoms with Gasteiger partial charge in [-0.05, 0) is 0 Å². The second-order valence-electron chi connectivity index (χ2n) is 3.11. The Hall–Kier alpha value is -0.520. The molecule has 1 atom stereocenters. The Morgan fingerprint density at radius 1 is 1.64 bits per heavy atom. The van der Waals surface area contributed by atoms with Gasteiger partial charge in [-0.15, -0.1) is 12.1 Å². The lowest BCUT2D eigenvalue weighted by Gasteiger charge is -2.17. The number of nitrogens with one attached hydrogen (secondary N) is 2. The normalized spacial score (nSPS) is 12.6. The summed E-state index contributed by atoms with van der Waals surface area (Å²) in [4.78, 5) is 16.1. The highest BCUT2D eigenvalue weighted by atomic mass is 32.1. The van der Waals surface area contributed by atoms with Gasteiger partial charge in [-0.1, -0.05) is 19.9 Å². The monoisotopic (exact) mass is 218 g/mol. The molecule has 0 aliphatic rings. The summed E-state index contributed by atoms with van der Waals surface area (Å²) in [5.41, 5.74) is 2.48. The third-order valence-electron chi connectivity index (χ3n) is 1.40. The summed E-state index contributed by atoms with van der Waals surface area (Å²) in [7, 11) is 0. The largest absolute Gasteiger partial charge is 0.369 e. The fourth-order valence-electron chi connectivity index (χ4n) is 0.841. The third-order valence-corrected chi connectivity index (χ3v) is 1.77. The van der Waals surface area contributed by atoms with Crippen molar-refractivity contribution >= 4 is 18.6 Å². The molecule has 82 valence electrons. The van der Waals surface area contributed by atoms with E-state index >= 15 is 0 Å². The fraction of sp³-hybridized carbons (Fsp3) is 0.667. The van der Waals surface area contributed by atoms with E-state index in [4.69, 9.17) is 4.84 Å². The van der Waals surface area contributed by atoms with Crippen LogP contribution in [0.1, 0.15) is 13.8 Å². The molecule has 5 heteroatoms. The first kappa shape index (κ1) is 13.5. The van der Waals surface area contributed by atoms with Gasteiger partial charge in [0.05, 0.1) is 0 Å². The number of hydrogen-bond donors (Lipinski definition) is 3. The zero-order valence-corrected chi connectivity index (χ0v) is 9.51. The molecule has 0 heterocycles. The predicted molar refractivity (Wildman–Crippen MR) is 60.2 cm³/mol. The smallest absolute Gasteiger partial charge is 0.342 e. The summed E-state index contributed by atoms with van der Waals surface area (Å²) in [6.45, 7) is 7.84. The molecular formula is C9H18N2O2S. The maximum atomic E-state index is 11.4. The van der Waals surface area contributed by atoms with Gasteiger partial charge in [-0.2, -0.15) is 12.6 Å². The van der Waals surface area contributed by atoms with Crippen LogP contribution in [0, 0.1) is 0 Å². The highest BCUT2D eigenvalue weighted by Gasteiger charge is 2.18. The molecule has 2 N–H and O–H groups in total. The van der Waals surface area contributed by atoms with Crippen molar-refractivity contribution in [2.75, 3.05) is 12.3 Å². The van der Waals surface area contributed by atoms with E-state index in [0.29, 0.717) is 12.3 Å². The van der Waals surface area contributed by atoms with Crippen LogP contribution < -0.4 is 10.8 Å². The number of carbonyl (C=O) groups excluding carboxylic acids is 1. The topological polar surface area (TPSA) is 50.4 Å². The summed E-state index contributed by atoms with van der Waals surface area (Å²) in [6.07, 6.45) is 1.61. The Morgan fingerprint density at radius 2 is 2.29 bits per heavy atom. The lowest BCUT2D eigenvalue weighted by molar-refractivity contribution is -0.152. The van der Waals surface area contributed by atoms with Crippen LogP contribution in [0.15, 0.2) is 12.7 Å². The Balaban J connectivity index is 3.85. The molecule has 1 unspecified atom stereocenters. The fourth-order valence-corrected chi connectivity index (χ4v) is 1.09. The number of hydroxylamine groups is 1. The first-order valence-electron chi connectivity index (χ1n) is 4.53. The van der Waals surface area contributed by atoms with Crippen molar-refractivity contribution in [1.82, 2.24) is 10.8 Å². The van der Waals surface area contributed by atoms with Crippen molar-refractivity contribution in [2.45, 2.75) is 25.9 Å². The van der Waals surface area contributed by atoms with Crippen LogP contribution in [-0.2, 0) is 9.63 Å². The van der Waals surface area contributed by atoms with E-state index in [1.54, 1.807) is 6.08 Å². The van der Waals surface area contributed by atoms with Crippen LogP contribution in [-0.4, -0.2) is 30.4 Å². The summed E-state index contributed by atoms with van der Waals surface area (Å²) < 4.78 is 0. The van der Waals surface area contributed by atoms with Crippen molar-refractivity contribution in [3.63, 3.8) is 0 Å². The summed E-state index contributed by atoms with van der Waals surface area (Å²) >= 11 is 4.06. The van der Waals surface area contributed by atoms with Gasteiger partial charge < -0.3 is 10.2 Å². The summed E-state index contributed by atoms with van der Waals surface area (Å²) in [5.74, 6) is 0.0582. The van der Waals surface area contributed by atoms with Crippen LogP contribution in [0.4, 0.5) is 0 Å². The van der Waals surface area contributed by atoms with Crippen molar-refractivity contribution in [3.05, 3.63) is 12.7 Å². The van der Waals surface area contributed by atoms with Gasteiger partial charge in [0.25, 0.3) is 0 Å². The first-order chi connectivity index (χ1) is 6.61. The van der Waals surface area contributed by atoms with Crippen LogP contribution in [0.3, 0.4) is 0 Å². The molecule has 0 fully saturated rings. The van der Waals surface area contributed by atoms with Gasteiger partial charge in [0.1, 0.15) is 6.04 Å². The van der Waals surface area contributed by atoms with E-state index in [1.165, 1.54) is 0 Å². The van der Waals surface area contributed by atoms with E-state index in [-0.39, 0.29) is 18.1 Å². The molecule has 0 saturated heterocycles. The molecule has 0 aromatic carbocycles. The molecule has 0 aliphatic heterocycles. The minimum absolute atomic E-state index is 0.221.